The van der Waals surface area contributed by atoms with Crippen molar-refractivity contribution in [2.45, 2.75) is 63.8 Å². The van der Waals surface area contributed by atoms with Crippen LogP contribution < -0.4 is 10.6 Å². The molecule has 1 fully saturated rings. The summed E-state index contributed by atoms with van der Waals surface area (Å²) in [6, 6.07) is 0. The smallest absolute Gasteiger partial charge is 0.305 e. The second kappa shape index (κ2) is 8.95. The molecule has 5 heteroatoms. The molecule has 1 aliphatic rings. The Labute approximate surface area is 121 Å². The molecule has 1 amide bonds. The van der Waals surface area contributed by atoms with Crippen LogP contribution in [0.15, 0.2) is 0 Å². The zero-order chi connectivity index (χ0) is 14.8. The topological polar surface area (TPSA) is 67.4 Å². The summed E-state index contributed by atoms with van der Waals surface area (Å²) in [5, 5.41) is 6.24. The predicted molar refractivity (Wildman–Crippen MR) is 78.4 cm³/mol. The Morgan fingerprint density at radius 3 is 2.50 bits per heavy atom. The Bertz CT molecular complexity index is 312. The van der Waals surface area contributed by atoms with E-state index in [0.29, 0.717) is 32.4 Å². The first-order valence-corrected chi connectivity index (χ1v) is 7.73. The Morgan fingerprint density at radius 2 is 1.90 bits per heavy atom. The molecule has 116 valence electrons. The number of carbonyl (C=O) groups is 2. The fourth-order valence-electron chi connectivity index (χ4n) is 2.81. The van der Waals surface area contributed by atoms with Crippen LogP contribution in [0.4, 0.5) is 0 Å². The van der Waals surface area contributed by atoms with Gasteiger partial charge in [-0.1, -0.05) is 19.3 Å². The van der Waals surface area contributed by atoms with Crippen LogP contribution in [0.25, 0.3) is 0 Å². The van der Waals surface area contributed by atoms with E-state index in [-0.39, 0.29) is 17.4 Å². The normalized spacial score (nSPS) is 17.5. The SMILES string of the molecule is CCOC(=O)CCCNC(=O)CC1(NC)CCCCC1. The molecule has 0 aromatic carbocycles. The minimum atomic E-state index is -0.194. The zero-order valence-corrected chi connectivity index (χ0v) is 12.8. The molecular formula is C15H28N2O3. The van der Waals surface area contributed by atoms with Gasteiger partial charge in [0, 0.05) is 24.9 Å². The van der Waals surface area contributed by atoms with Gasteiger partial charge in [0.15, 0.2) is 0 Å². The maximum absolute atomic E-state index is 12.0. The molecule has 0 unspecified atom stereocenters. The van der Waals surface area contributed by atoms with Gasteiger partial charge >= 0.3 is 5.97 Å². The molecule has 20 heavy (non-hydrogen) atoms. The van der Waals surface area contributed by atoms with E-state index < -0.39 is 0 Å². The van der Waals surface area contributed by atoms with Crippen molar-refractivity contribution in [1.29, 1.82) is 0 Å². The van der Waals surface area contributed by atoms with Crippen molar-refractivity contribution in [2.24, 2.45) is 0 Å². The lowest BCUT2D eigenvalue weighted by Crippen LogP contribution is -2.48. The monoisotopic (exact) mass is 284 g/mol. The molecule has 0 atom stereocenters. The van der Waals surface area contributed by atoms with Crippen LogP contribution in [0.1, 0.15) is 58.3 Å². The van der Waals surface area contributed by atoms with Crippen molar-refractivity contribution in [3.8, 4) is 0 Å². The number of hydrogen-bond acceptors (Lipinski definition) is 4. The molecule has 1 rings (SSSR count). The van der Waals surface area contributed by atoms with Crippen LogP contribution in [0.3, 0.4) is 0 Å². The second-order valence-electron chi connectivity index (χ2n) is 5.53. The number of carbonyl (C=O) groups excluding carboxylic acids is 2. The fourth-order valence-corrected chi connectivity index (χ4v) is 2.81. The lowest BCUT2D eigenvalue weighted by atomic mass is 9.79. The molecule has 0 aliphatic heterocycles. The van der Waals surface area contributed by atoms with Gasteiger partial charge < -0.3 is 15.4 Å². The van der Waals surface area contributed by atoms with Crippen molar-refractivity contribution < 1.29 is 14.3 Å². The van der Waals surface area contributed by atoms with E-state index in [4.69, 9.17) is 4.74 Å². The molecule has 0 saturated heterocycles. The van der Waals surface area contributed by atoms with Crippen molar-refractivity contribution in [2.75, 3.05) is 20.2 Å². The third-order valence-corrected chi connectivity index (χ3v) is 4.03. The molecule has 0 bridgehead atoms. The minimum absolute atomic E-state index is 0.0243. The molecule has 0 aromatic rings. The maximum Gasteiger partial charge on any atom is 0.305 e. The van der Waals surface area contributed by atoms with E-state index >= 15 is 0 Å². The molecule has 5 nitrogen and oxygen atoms in total. The van der Waals surface area contributed by atoms with Gasteiger partial charge in [-0.05, 0) is 33.2 Å². The van der Waals surface area contributed by atoms with Crippen LogP contribution in [0.5, 0.6) is 0 Å². The number of nitrogens with one attached hydrogen (secondary N) is 2. The highest BCUT2D eigenvalue weighted by atomic mass is 16.5. The van der Waals surface area contributed by atoms with Crippen LogP contribution in [0.2, 0.25) is 0 Å². The van der Waals surface area contributed by atoms with E-state index in [1.165, 1.54) is 19.3 Å². The van der Waals surface area contributed by atoms with Crippen LogP contribution in [-0.4, -0.2) is 37.6 Å². The van der Waals surface area contributed by atoms with E-state index in [1.807, 2.05) is 7.05 Å². The average molecular weight is 284 g/mol. The van der Waals surface area contributed by atoms with E-state index in [0.717, 1.165) is 12.8 Å². The molecule has 0 aromatic heterocycles. The summed E-state index contributed by atoms with van der Waals surface area (Å²) in [5.41, 5.74) is -0.0243. The first-order valence-electron chi connectivity index (χ1n) is 7.73. The second-order valence-corrected chi connectivity index (χ2v) is 5.53. The molecule has 0 radical (unpaired) electrons. The number of esters is 1. The molecular weight excluding hydrogens is 256 g/mol. The minimum Gasteiger partial charge on any atom is -0.466 e. The molecule has 0 spiro atoms. The quantitative estimate of drug-likeness (QED) is 0.526. The average Bonchev–Trinajstić information content (AvgIpc) is 2.45. The molecule has 0 heterocycles. The lowest BCUT2D eigenvalue weighted by Gasteiger charge is -2.36. The van der Waals surface area contributed by atoms with Crippen molar-refractivity contribution >= 4 is 11.9 Å². The van der Waals surface area contributed by atoms with E-state index in [2.05, 4.69) is 10.6 Å². The fraction of sp³-hybridized carbons (Fsp3) is 0.867. The number of hydrogen-bond donors (Lipinski definition) is 2. The van der Waals surface area contributed by atoms with Crippen LogP contribution in [0, 0.1) is 0 Å². The van der Waals surface area contributed by atoms with E-state index in [9.17, 15) is 9.59 Å². The first kappa shape index (κ1) is 17.0. The highest BCUT2D eigenvalue weighted by Gasteiger charge is 2.32. The van der Waals surface area contributed by atoms with Gasteiger partial charge in [0.2, 0.25) is 5.91 Å². The number of amides is 1. The largest absolute Gasteiger partial charge is 0.466 e. The van der Waals surface area contributed by atoms with Crippen molar-refractivity contribution in [3.63, 3.8) is 0 Å². The summed E-state index contributed by atoms with van der Waals surface area (Å²) < 4.78 is 4.84. The number of rotatable bonds is 8. The van der Waals surface area contributed by atoms with Gasteiger partial charge in [-0.2, -0.15) is 0 Å². The Kier molecular flexibility index (Phi) is 7.59. The summed E-state index contributed by atoms with van der Waals surface area (Å²) in [6.45, 7) is 2.74. The van der Waals surface area contributed by atoms with Crippen LogP contribution >= 0.6 is 0 Å². The van der Waals surface area contributed by atoms with E-state index in [1.54, 1.807) is 6.92 Å². The Balaban J connectivity index is 2.20. The van der Waals surface area contributed by atoms with Crippen molar-refractivity contribution in [3.05, 3.63) is 0 Å². The molecule has 1 saturated carbocycles. The highest BCUT2D eigenvalue weighted by Crippen LogP contribution is 2.30. The van der Waals surface area contributed by atoms with Gasteiger partial charge in [0.05, 0.1) is 6.61 Å². The van der Waals surface area contributed by atoms with Gasteiger partial charge in [-0.3, -0.25) is 9.59 Å². The number of ether oxygens (including phenoxy) is 1. The zero-order valence-electron chi connectivity index (χ0n) is 12.8. The lowest BCUT2D eigenvalue weighted by molar-refractivity contribution is -0.143. The van der Waals surface area contributed by atoms with Gasteiger partial charge in [-0.25, -0.2) is 0 Å². The third kappa shape index (κ3) is 5.90. The standard InChI is InChI=1S/C15H28N2O3/c1-3-20-14(19)8-7-11-17-13(18)12-15(16-2)9-5-4-6-10-15/h16H,3-12H2,1-2H3,(H,17,18). The van der Waals surface area contributed by atoms with Gasteiger partial charge in [-0.15, -0.1) is 0 Å². The summed E-state index contributed by atoms with van der Waals surface area (Å²) >= 11 is 0. The first-order chi connectivity index (χ1) is 9.62. The van der Waals surface area contributed by atoms with Crippen molar-refractivity contribution in [1.82, 2.24) is 10.6 Å². The van der Waals surface area contributed by atoms with Crippen LogP contribution in [-0.2, 0) is 14.3 Å². The Morgan fingerprint density at radius 1 is 1.20 bits per heavy atom. The highest BCUT2D eigenvalue weighted by molar-refractivity contribution is 5.77. The summed E-state index contributed by atoms with van der Waals surface area (Å²) in [6.07, 6.45) is 7.32. The summed E-state index contributed by atoms with van der Waals surface area (Å²) in [7, 11) is 1.94. The maximum atomic E-state index is 12.0. The Hall–Kier alpha value is -1.10. The predicted octanol–water partition coefficient (Wildman–Crippen LogP) is 1.76. The van der Waals surface area contributed by atoms with Gasteiger partial charge in [0.1, 0.15) is 0 Å². The molecule has 2 N–H and O–H groups in total. The summed E-state index contributed by atoms with van der Waals surface area (Å²) in [4.78, 5) is 23.1. The van der Waals surface area contributed by atoms with Gasteiger partial charge in [0.25, 0.3) is 0 Å². The third-order valence-electron chi connectivity index (χ3n) is 4.03. The summed E-state index contributed by atoms with van der Waals surface area (Å²) in [5.74, 6) is -0.120. The molecule has 1 aliphatic carbocycles.